The molecule has 1 fully saturated rings. The van der Waals surface area contributed by atoms with E-state index in [9.17, 15) is 9.90 Å². The van der Waals surface area contributed by atoms with Crippen LogP contribution in [0.1, 0.15) is 18.2 Å². The predicted octanol–water partition coefficient (Wildman–Crippen LogP) is 4.05. The van der Waals surface area contributed by atoms with Gasteiger partial charge in [0, 0.05) is 53.1 Å². The fourth-order valence-electron chi connectivity index (χ4n) is 3.31. The van der Waals surface area contributed by atoms with Gasteiger partial charge < -0.3 is 5.11 Å². The molecule has 1 aliphatic rings. The van der Waals surface area contributed by atoms with Crippen LogP contribution in [0, 0.1) is 0 Å². The number of rotatable bonds is 6. The van der Waals surface area contributed by atoms with E-state index in [-0.39, 0.29) is 6.04 Å². The van der Waals surface area contributed by atoms with Gasteiger partial charge in [0.2, 0.25) is 0 Å². The molecule has 2 aromatic rings. The van der Waals surface area contributed by atoms with E-state index in [1.807, 2.05) is 31.2 Å². The van der Waals surface area contributed by atoms with Crippen molar-refractivity contribution in [1.29, 1.82) is 0 Å². The van der Waals surface area contributed by atoms with Gasteiger partial charge in [-0.25, -0.2) is 0 Å². The smallest absolute Gasteiger partial charge is 0.320 e. The molecule has 1 unspecified atom stereocenters. The Morgan fingerprint density at radius 1 is 1.20 bits per heavy atom. The van der Waals surface area contributed by atoms with Gasteiger partial charge in [0.15, 0.2) is 0 Å². The molecule has 2 heterocycles. The van der Waals surface area contributed by atoms with E-state index in [1.165, 1.54) is 9.75 Å². The van der Waals surface area contributed by atoms with E-state index in [4.69, 9.17) is 11.6 Å². The molecule has 134 valence electrons. The Morgan fingerprint density at radius 3 is 2.56 bits per heavy atom. The molecule has 0 amide bonds. The SMILES string of the molecule is CCC(C(=O)O)N1CCN(Cc2ccc(-c3ccccc3Cl)s2)CC1. The van der Waals surface area contributed by atoms with Crippen LogP contribution in [0.15, 0.2) is 36.4 Å². The minimum Gasteiger partial charge on any atom is -0.480 e. The lowest BCUT2D eigenvalue weighted by atomic mass is 10.1. The summed E-state index contributed by atoms with van der Waals surface area (Å²) in [6.07, 6.45) is 0.654. The number of aliphatic carboxylic acids is 1. The van der Waals surface area contributed by atoms with Crippen molar-refractivity contribution < 1.29 is 9.90 Å². The number of benzene rings is 1. The Kier molecular flexibility index (Phi) is 6.12. The highest BCUT2D eigenvalue weighted by Gasteiger charge is 2.27. The number of thiophene rings is 1. The first-order valence-corrected chi connectivity index (χ1v) is 9.80. The summed E-state index contributed by atoms with van der Waals surface area (Å²) in [5.74, 6) is -0.710. The van der Waals surface area contributed by atoms with E-state index < -0.39 is 5.97 Å². The molecule has 0 saturated carbocycles. The second-order valence-corrected chi connectivity index (χ2v) is 7.90. The third-order valence-corrected chi connectivity index (χ3v) is 6.13. The molecule has 4 nitrogen and oxygen atoms in total. The largest absolute Gasteiger partial charge is 0.480 e. The molecule has 1 aromatic heterocycles. The minimum absolute atomic E-state index is 0.351. The Balaban J connectivity index is 1.58. The predicted molar refractivity (Wildman–Crippen MR) is 103 cm³/mol. The molecule has 0 spiro atoms. The van der Waals surface area contributed by atoms with E-state index in [0.717, 1.165) is 43.3 Å². The van der Waals surface area contributed by atoms with Gasteiger partial charge in [0.1, 0.15) is 6.04 Å². The highest BCUT2D eigenvalue weighted by atomic mass is 35.5. The number of piperazine rings is 1. The van der Waals surface area contributed by atoms with Crippen LogP contribution in [0.5, 0.6) is 0 Å². The third kappa shape index (κ3) is 4.42. The molecule has 1 atom stereocenters. The summed E-state index contributed by atoms with van der Waals surface area (Å²) < 4.78 is 0. The van der Waals surface area contributed by atoms with Crippen LogP contribution in [0.3, 0.4) is 0 Å². The molecule has 1 aliphatic heterocycles. The van der Waals surface area contributed by atoms with Gasteiger partial charge >= 0.3 is 5.97 Å². The van der Waals surface area contributed by atoms with Crippen LogP contribution in [0.2, 0.25) is 5.02 Å². The molecule has 1 saturated heterocycles. The lowest BCUT2D eigenvalue weighted by Crippen LogP contribution is -2.52. The van der Waals surface area contributed by atoms with Crippen LogP contribution in [-0.4, -0.2) is 53.1 Å². The summed E-state index contributed by atoms with van der Waals surface area (Å²) in [6.45, 7) is 6.28. The summed E-state index contributed by atoms with van der Waals surface area (Å²) in [4.78, 5) is 18.3. The van der Waals surface area contributed by atoms with Crippen LogP contribution >= 0.6 is 22.9 Å². The summed E-state index contributed by atoms with van der Waals surface area (Å²) in [7, 11) is 0. The second kappa shape index (κ2) is 8.32. The van der Waals surface area contributed by atoms with Crippen molar-refractivity contribution in [2.75, 3.05) is 26.2 Å². The maximum absolute atomic E-state index is 11.3. The number of carboxylic acid groups (broad SMARTS) is 1. The van der Waals surface area contributed by atoms with Gasteiger partial charge in [-0.05, 0) is 24.6 Å². The number of carboxylic acids is 1. The van der Waals surface area contributed by atoms with Crippen LogP contribution in [0.25, 0.3) is 10.4 Å². The summed E-state index contributed by atoms with van der Waals surface area (Å²) in [6, 6.07) is 11.9. The fraction of sp³-hybridized carbons (Fsp3) is 0.421. The number of carbonyl (C=O) groups is 1. The maximum Gasteiger partial charge on any atom is 0.320 e. The van der Waals surface area contributed by atoms with Gasteiger partial charge in [-0.2, -0.15) is 0 Å². The molecule has 1 aromatic carbocycles. The molecule has 25 heavy (non-hydrogen) atoms. The van der Waals surface area contributed by atoms with Gasteiger partial charge in [0.05, 0.1) is 0 Å². The monoisotopic (exact) mass is 378 g/mol. The Hall–Kier alpha value is -1.40. The normalized spacial score (nSPS) is 17.5. The number of hydrogen-bond donors (Lipinski definition) is 1. The Labute approximate surface area is 157 Å². The number of nitrogens with zero attached hydrogens (tertiary/aromatic N) is 2. The van der Waals surface area contributed by atoms with Crippen LogP contribution in [-0.2, 0) is 11.3 Å². The van der Waals surface area contributed by atoms with Crippen LogP contribution in [0.4, 0.5) is 0 Å². The van der Waals surface area contributed by atoms with Crippen molar-refractivity contribution >= 4 is 28.9 Å². The van der Waals surface area contributed by atoms with Crippen molar-refractivity contribution in [1.82, 2.24) is 9.80 Å². The van der Waals surface area contributed by atoms with Gasteiger partial charge in [-0.15, -0.1) is 11.3 Å². The topological polar surface area (TPSA) is 43.8 Å². The first-order valence-electron chi connectivity index (χ1n) is 8.61. The highest BCUT2D eigenvalue weighted by Crippen LogP contribution is 2.33. The highest BCUT2D eigenvalue weighted by molar-refractivity contribution is 7.15. The lowest BCUT2D eigenvalue weighted by Gasteiger charge is -2.37. The molecule has 0 bridgehead atoms. The van der Waals surface area contributed by atoms with Crippen molar-refractivity contribution in [2.24, 2.45) is 0 Å². The molecule has 1 N–H and O–H groups in total. The molecule has 0 radical (unpaired) electrons. The molecular weight excluding hydrogens is 356 g/mol. The zero-order valence-corrected chi connectivity index (χ0v) is 15.9. The Morgan fingerprint density at radius 2 is 1.92 bits per heavy atom. The maximum atomic E-state index is 11.3. The van der Waals surface area contributed by atoms with Crippen molar-refractivity contribution in [3.05, 3.63) is 46.3 Å². The fourth-order valence-corrected chi connectivity index (χ4v) is 4.69. The Bertz CT molecular complexity index is 726. The first-order chi connectivity index (χ1) is 12.1. The first kappa shape index (κ1) is 18.4. The molecular formula is C19H23ClN2O2S. The van der Waals surface area contributed by atoms with Gasteiger partial charge in [-0.1, -0.05) is 36.7 Å². The van der Waals surface area contributed by atoms with E-state index >= 15 is 0 Å². The second-order valence-electron chi connectivity index (χ2n) is 6.32. The third-order valence-electron chi connectivity index (χ3n) is 4.70. The lowest BCUT2D eigenvalue weighted by molar-refractivity contribution is -0.144. The van der Waals surface area contributed by atoms with Crippen molar-refractivity contribution in [2.45, 2.75) is 25.9 Å². The quantitative estimate of drug-likeness (QED) is 0.823. The van der Waals surface area contributed by atoms with E-state index in [0.29, 0.717) is 6.42 Å². The summed E-state index contributed by atoms with van der Waals surface area (Å²) >= 11 is 8.06. The van der Waals surface area contributed by atoms with E-state index in [2.05, 4.69) is 21.9 Å². The summed E-state index contributed by atoms with van der Waals surface area (Å²) in [5.41, 5.74) is 1.08. The average Bonchev–Trinajstić information content (AvgIpc) is 3.05. The summed E-state index contributed by atoms with van der Waals surface area (Å²) in [5, 5.41) is 10.1. The van der Waals surface area contributed by atoms with Crippen LogP contribution < -0.4 is 0 Å². The standard InChI is InChI=1S/C19H23ClN2O2S/c1-2-17(19(23)24)22-11-9-21(10-12-22)13-14-7-8-18(25-14)15-5-3-4-6-16(15)20/h3-8,17H,2,9-13H2,1H3,(H,23,24). The zero-order valence-electron chi connectivity index (χ0n) is 14.3. The van der Waals surface area contributed by atoms with Gasteiger partial charge in [0.25, 0.3) is 0 Å². The minimum atomic E-state index is -0.710. The number of hydrogen-bond acceptors (Lipinski definition) is 4. The van der Waals surface area contributed by atoms with Gasteiger partial charge in [-0.3, -0.25) is 14.6 Å². The van der Waals surface area contributed by atoms with Crippen molar-refractivity contribution in [3.8, 4) is 10.4 Å². The average molecular weight is 379 g/mol. The molecule has 6 heteroatoms. The van der Waals surface area contributed by atoms with Crippen molar-refractivity contribution in [3.63, 3.8) is 0 Å². The molecule has 3 rings (SSSR count). The number of halogens is 1. The zero-order chi connectivity index (χ0) is 17.8. The van der Waals surface area contributed by atoms with E-state index in [1.54, 1.807) is 11.3 Å². The molecule has 0 aliphatic carbocycles.